The molecule has 1 fully saturated rings. The standard InChI is InChI=1S/C11H8F5NO2/c12-5-6(13)8(15)10(9(16)7(5)14)17-11(18)4-2-1-3-19-4/h4H,1-3H2,(H,17,18)/t4-/m1/s1. The summed E-state index contributed by atoms with van der Waals surface area (Å²) in [6, 6.07) is 0. The average molecular weight is 281 g/mol. The second-order valence-corrected chi connectivity index (χ2v) is 3.94. The lowest BCUT2D eigenvalue weighted by Crippen LogP contribution is -2.28. The molecule has 1 aliphatic rings. The third-order valence-electron chi connectivity index (χ3n) is 2.68. The number of hydrogen-bond acceptors (Lipinski definition) is 2. The van der Waals surface area contributed by atoms with Gasteiger partial charge in [0.05, 0.1) is 0 Å². The van der Waals surface area contributed by atoms with E-state index in [1.165, 1.54) is 0 Å². The van der Waals surface area contributed by atoms with Crippen LogP contribution in [0.1, 0.15) is 12.8 Å². The van der Waals surface area contributed by atoms with Crippen LogP contribution in [0.15, 0.2) is 0 Å². The van der Waals surface area contributed by atoms with Gasteiger partial charge in [-0.3, -0.25) is 4.79 Å². The van der Waals surface area contributed by atoms with Crippen LogP contribution in [0.5, 0.6) is 0 Å². The predicted octanol–water partition coefficient (Wildman–Crippen LogP) is 2.50. The van der Waals surface area contributed by atoms with E-state index in [2.05, 4.69) is 0 Å². The number of halogens is 5. The Labute approximate surface area is 104 Å². The van der Waals surface area contributed by atoms with Crippen molar-refractivity contribution in [3.8, 4) is 0 Å². The van der Waals surface area contributed by atoms with Crippen LogP contribution in [0.4, 0.5) is 27.6 Å². The average Bonchev–Trinajstić information content (AvgIpc) is 2.93. The second kappa shape index (κ2) is 5.12. The quantitative estimate of drug-likeness (QED) is 0.514. The Morgan fingerprint density at radius 2 is 1.53 bits per heavy atom. The number of anilines is 1. The Bertz CT molecular complexity index is 499. The van der Waals surface area contributed by atoms with Crippen LogP contribution in [0.25, 0.3) is 0 Å². The number of ether oxygens (including phenoxy) is 1. The molecule has 0 saturated carbocycles. The highest BCUT2D eigenvalue weighted by atomic mass is 19.2. The smallest absolute Gasteiger partial charge is 0.253 e. The van der Waals surface area contributed by atoms with Crippen molar-refractivity contribution < 1.29 is 31.5 Å². The molecule has 104 valence electrons. The minimum Gasteiger partial charge on any atom is -0.368 e. The number of carbonyl (C=O) groups excluding carboxylic acids is 1. The summed E-state index contributed by atoms with van der Waals surface area (Å²) in [4.78, 5) is 11.5. The van der Waals surface area contributed by atoms with Crippen molar-refractivity contribution in [3.05, 3.63) is 29.1 Å². The number of amides is 1. The van der Waals surface area contributed by atoms with Gasteiger partial charge in [-0.05, 0) is 12.8 Å². The largest absolute Gasteiger partial charge is 0.368 e. The molecular weight excluding hydrogens is 273 g/mol. The SMILES string of the molecule is O=C(Nc1c(F)c(F)c(F)c(F)c1F)[C@H]1CCCO1. The summed E-state index contributed by atoms with van der Waals surface area (Å²) in [6.45, 7) is 0.301. The molecule has 0 unspecified atom stereocenters. The number of rotatable bonds is 2. The number of benzene rings is 1. The monoisotopic (exact) mass is 281 g/mol. The van der Waals surface area contributed by atoms with E-state index < -0.39 is 46.8 Å². The van der Waals surface area contributed by atoms with Gasteiger partial charge in [0.25, 0.3) is 5.91 Å². The third-order valence-corrected chi connectivity index (χ3v) is 2.68. The molecule has 1 saturated heterocycles. The third kappa shape index (κ3) is 2.40. The van der Waals surface area contributed by atoms with Crippen molar-refractivity contribution >= 4 is 11.6 Å². The molecule has 8 heteroatoms. The van der Waals surface area contributed by atoms with Gasteiger partial charge in [0.15, 0.2) is 23.3 Å². The van der Waals surface area contributed by atoms with Crippen LogP contribution < -0.4 is 5.32 Å². The molecule has 1 aromatic carbocycles. The first kappa shape index (κ1) is 13.7. The van der Waals surface area contributed by atoms with Crippen LogP contribution in [-0.2, 0) is 9.53 Å². The Morgan fingerprint density at radius 1 is 1.00 bits per heavy atom. The van der Waals surface area contributed by atoms with Gasteiger partial charge in [0, 0.05) is 6.61 Å². The molecule has 2 rings (SSSR count). The number of hydrogen-bond donors (Lipinski definition) is 1. The van der Waals surface area contributed by atoms with Gasteiger partial charge in [-0.1, -0.05) is 0 Å². The van der Waals surface area contributed by atoms with Gasteiger partial charge in [0.2, 0.25) is 5.82 Å². The first-order valence-electron chi connectivity index (χ1n) is 5.37. The van der Waals surface area contributed by atoms with Gasteiger partial charge >= 0.3 is 0 Å². The first-order valence-corrected chi connectivity index (χ1v) is 5.37. The Kier molecular flexibility index (Phi) is 3.70. The molecule has 0 radical (unpaired) electrons. The molecule has 19 heavy (non-hydrogen) atoms. The van der Waals surface area contributed by atoms with Crippen LogP contribution in [-0.4, -0.2) is 18.6 Å². The zero-order valence-corrected chi connectivity index (χ0v) is 9.40. The normalized spacial score (nSPS) is 18.7. The van der Waals surface area contributed by atoms with Crippen LogP contribution >= 0.6 is 0 Å². The van der Waals surface area contributed by atoms with Crippen LogP contribution in [0, 0.1) is 29.1 Å². The second-order valence-electron chi connectivity index (χ2n) is 3.94. The van der Waals surface area contributed by atoms with Gasteiger partial charge in [-0.25, -0.2) is 22.0 Å². The van der Waals surface area contributed by atoms with E-state index in [9.17, 15) is 26.7 Å². The van der Waals surface area contributed by atoms with Gasteiger partial charge in [0.1, 0.15) is 11.8 Å². The summed E-state index contributed by atoms with van der Waals surface area (Å²) in [6.07, 6.45) is -0.0499. The Morgan fingerprint density at radius 3 is 2.00 bits per heavy atom. The minimum absolute atomic E-state index is 0.301. The van der Waals surface area contributed by atoms with E-state index in [4.69, 9.17) is 4.74 Å². The summed E-state index contributed by atoms with van der Waals surface area (Å²) >= 11 is 0. The summed E-state index contributed by atoms with van der Waals surface area (Å²) < 4.78 is 70.0. The van der Waals surface area contributed by atoms with Crippen LogP contribution in [0.3, 0.4) is 0 Å². The molecule has 1 aromatic rings. The van der Waals surface area contributed by atoms with Crippen molar-refractivity contribution in [1.29, 1.82) is 0 Å². The van der Waals surface area contributed by atoms with Crippen molar-refractivity contribution in [1.82, 2.24) is 0 Å². The van der Waals surface area contributed by atoms with Crippen LogP contribution in [0.2, 0.25) is 0 Å². The van der Waals surface area contributed by atoms with E-state index in [0.29, 0.717) is 19.4 Å². The molecule has 0 aliphatic carbocycles. The van der Waals surface area contributed by atoms with Crippen molar-refractivity contribution in [3.63, 3.8) is 0 Å². The fourth-order valence-electron chi connectivity index (χ4n) is 1.70. The molecule has 1 N–H and O–H groups in total. The van der Waals surface area contributed by atoms with E-state index in [0.717, 1.165) is 0 Å². The lowest BCUT2D eigenvalue weighted by Gasteiger charge is -2.12. The highest BCUT2D eigenvalue weighted by molar-refractivity contribution is 5.94. The van der Waals surface area contributed by atoms with E-state index in [1.54, 1.807) is 5.32 Å². The highest BCUT2D eigenvalue weighted by Crippen LogP contribution is 2.27. The lowest BCUT2D eigenvalue weighted by atomic mass is 10.2. The fourth-order valence-corrected chi connectivity index (χ4v) is 1.70. The summed E-state index contributed by atoms with van der Waals surface area (Å²) in [7, 11) is 0. The maximum absolute atomic E-state index is 13.3. The minimum atomic E-state index is -2.27. The van der Waals surface area contributed by atoms with Gasteiger partial charge in [-0.15, -0.1) is 0 Å². The lowest BCUT2D eigenvalue weighted by molar-refractivity contribution is -0.124. The van der Waals surface area contributed by atoms with E-state index in [1.807, 2.05) is 0 Å². The number of nitrogens with one attached hydrogen (secondary N) is 1. The molecule has 0 aromatic heterocycles. The van der Waals surface area contributed by atoms with Crippen molar-refractivity contribution in [2.24, 2.45) is 0 Å². The maximum atomic E-state index is 13.3. The molecule has 0 bridgehead atoms. The van der Waals surface area contributed by atoms with E-state index >= 15 is 0 Å². The predicted molar refractivity (Wildman–Crippen MR) is 53.8 cm³/mol. The molecule has 1 atom stereocenters. The Hall–Kier alpha value is -1.70. The highest BCUT2D eigenvalue weighted by Gasteiger charge is 2.30. The van der Waals surface area contributed by atoms with Gasteiger partial charge in [-0.2, -0.15) is 0 Å². The van der Waals surface area contributed by atoms with Gasteiger partial charge < -0.3 is 10.1 Å². The zero-order valence-electron chi connectivity index (χ0n) is 9.40. The maximum Gasteiger partial charge on any atom is 0.253 e. The fraction of sp³-hybridized carbons (Fsp3) is 0.364. The summed E-state index contributed by atoms with van der Waals surface area (Å²) in [5.74, 6) is -11.6. The molecule has 0 spiro atoms. The molecule has 1 aliphatic heterocycles. The van der Waals surface area contributed by atoms with Crippen molar-refractivity contribution in [2.45, 2.75) is 18.9 Å². The molecule has 3 nitrogen and oxygen atoms in total. The Balaban J connectivity index is 2.32. The molecular formula is C11H8F5NO2. The zero-order chi connectivity index (χ0) is 14.2. The topological polar surface area (TPSA) is 38.3 Å². The summed E-state index contributed by atoms with van der Waals surface area (Å²) in [5, 5.41) is 1.67. The summed E-state index contributed by atoms with van der Waals surface area (Å²) in [5.41, 5.74) is -1.36. The molecule has 1 amide bonds. The van der Waals surface area contributed by atoms with Crippen molar-refractivity contribution in [2.75, 3.05) is 11.9 Å². The van der Waals surface area contributed by atoms with E-state index in [-0.39, 0.29) is 0 Å². The molecule has 1 heterocycles. The number of carbonyl (C=O) groups is 1. The first-order chi connectivity index (χ1) is 8.93.